The number of benzene rings is 1. The molecule has 1 aromatic rings. The van der Waals surface area contributed by atoms with E-state index in [0.717, 1.165) is 30.7 Å². The summed E-state index contributed by atoms with van der Waals surface area (Å²) in [6.45, 7) is 10.9. The first-order valence-corrected chi connectivity index (χ1v) is 6.69. The highest BCUT2D eigenvalue weighted by molar-refractivity contribution is 9.10. The van der Waals surface area contributed by atoms with Gasteiger partial charge in [0.25, 0.3) is 0 Å². The second-order valence-electron chi connectivity index (χ2n) is 3.91. The second-order valence-corrected chi connectivity index (χ2v) is 4.83. The van der Waals surface area contributed by atoms with Gasteiger partial charge in [-0.2, -0.15) is 0 Å². The third-order valence-electron chi connectivity index (χ3n) is 2.83. The van der Waals surface area contributed by atoms with Gasteiger partial charge in [0.2, 0.25) is 0 Å². The van der Waals surface area contributed by atoms with Crippen LogP contribution in [0.2, 0.25) is 0 Å². The number of hydrogen-bond donors (Lipinski definition) is 1. The molecule has 0 spiro atoms. The zero-order valence-corrected chi connectivity index (χ0v) is 12.0. The fourth-order valence-electron chi connectivity index (χ4n) is 1.71. The summed E-state index contributed by atoms with van der Waals surface area (Å²) in [5, 5.41) is 3.48. The van der Waals surface area contributed by atoms with Gasteiger partial charge in [0.05, 0.1) is 0 Å². The summed E-state index contributed by atoms with van der Waals surface area (Å²) in [6.07, 6.45) is 0. The summed E-state index contributed by atoms with van der Waals surface area (Å²) >= 11 is 3.47. The minimum absolute atomic E-state index is 1.00. The zero-order valence-electron chi connectivity index (χ0n) is 10.4. The summed E-state index contributed by atoms with van der Waals surface area (Å²) in [5.74, 6) is 0. The summed E-state index contributed by atoms with van der Waals surface area (Å²) in [6, 6.07) is 6.34. The minimum Gasteiger partial charge on any atom is -0.384 e. The third-order valence-corrected chi connectivity index (χ3v) is 3.32. The van der Waals surface area contributed by atoms with Crippen LogP contribution in [0.5, 0.6) is 0 Å². The number of nitrogens with one attached hydrogen (secondary N) is 1. The van der Waals surface area contributed by atoms with E-state index in [9.17, 15) is 0 Å². The van der Waals surface area contributed by atoms with Crippen molar-refractivity contribution in [2.45, 2.75) is 20.8 Å². The zero-order chi connectivity index (χ0) is 12.0. The summed E-state index contributed by atoms with van der Waals surface area (Å²) in [7, 11) is 0. The molecule has 3 heteroatoms. The Morgan fingerprint density at radius 1 is 1.25 bits per heavy atom. The molecule has 0 heterocycles. The predicted molar refractivity (Wildman–Crippen MR) is 75.2 cm³/mol. The first-order chi connectivity index (χ1) is 7.67. The largest absolute Gasteiger partial charge is 0.384 e. The molecule has 0 radical (unpaired) electrons. The van der Waals surface area contributed by atoms with Crippen molar-refractivity contribution in [1.29, 1.82) is 0 Å². The molecule has 90 valence electrons. The molecule has 0 saturated heterocycles. The molecule has 0 fully saturated rings. The number of likely N-dealkylation sites (N-methyl/N-ethyl adjacent to an activating group) is 1. The van der Waals surface area contributed by atoms with Crippen LogP contribution in [0.15, 0.2) is 22.7 Å². The van der Waals surface area contributed by atoms with Crippen LogP contribution in [0.25, 0.3) is 0 Å². The molecule has 1 rings (SSSR count). The maximum absolute atomic E-state index is 3.48. The van der Waals surface area contributed by atoms with Crippen molar-refractivity contribution in [3.63, 3.8) is 0 Å². The number of rotatable bonds is 6. The topological polar surface area (TPSA) is 15.3 Å². The van der Waals surface area contributed by atoms with Crippen LogP contribution < -0.4 is 5.32 Å². The maximum atomic E-state index is 3.48. The Balaban J connectivity index is 2.42. The lowest BCUT2D eigenvalue weighted by atomic mass is 10.2. The van der Waals surface area contributed by atoms with Gasteiger partial charge in [-0.15, -0.1) is 0 Å². The first kappa shape index (κ1) is 13.5. The summed E-state index contributed by atoms with van der Waals surface area (Å²) < 4.78 is 1.14. The van der Waals surface area contributed by atoms with Gasteiger partial charge in [-0.05, 0) is 43.8 Å². The van der Waals surface area contributed by atoms with Gasteiger partial charge in [-0.1, -0.05) is 29.8 Å². The number of hydrogen-bond acceptors (Lipinski definition) is 2. The molecular weight excluding hydrogens is 264 g/mol. The maximum Gasteiger partial charge on any atom is 0.0371 e. The molecule has 0 unspecified atom stereocenters. The molecule has 0 bridgehead atoms. The summed E-state index contributed by atoms with van der Waals surface area (Å²) in [4.78, 5) is 2.42. The van der Waals surface area contributed by atoms with E-state index in [4.69, 9.17) is 0 Å². The Bertz CT molecular complexity index is 322. The second kappa shape index (κ2) is 6.92. The van der Waals surface area contributed by atoms with Crippen molar-refractivity contribution in [2.75, 3.05) is 31.5 Å². The third kappa shape index (κ3) is 4.14. The number of aryl methyl sites for hydroxylation is 1. The van der Waals surface area contributed by atoms with Gasteiger partial charge in [-0.25, -0.2) is 0 Å². The normalized spacial score (nSPS) is 10.8. The molecule has 0 amide bonds. The standard InChI is InChI=1S/C13H21BrN2/c1-4-16(5-2)9-8-15-13-7-6-12(14)10-11(13)3/h6-7,10,15H,4-5,8-9H2,1-3H3. The van der Waals surface area contributed by atoms with Gasteiger partial charge >= 0.3 is 0 Å². The van der Waals surface area contributed by atoms with E-state index in [0.29, 0.717) is 0 Å². The highest BCUT2D eigenvalue weighted by atomic mass is 79.9. The number of halogens is 1. The molecule has 0 aliphatic heterocycles. The number of anilines is 1. The lowest BCUT2D eigenvalue weighted by molar-refractivity contribution is 0.316. The minimum atomic E-state index is 1.00. The fourth-order valence-corrected chi connectivity index (χ4v) is 2.19. The van der Waals surface area contributed by atoms with Gasteiger partial charge in [-0.3, -0.25) is 0 Å². The quantitative estimate of drug-likeness (QED) is 0.860. The van der Waals surface area contributed by atoms with Gasteiger partial charge in [0.15, 0.2) is 0 Å². The molecule has 1 N–H and O–H groups in total. The van der Waals surface area contributed by atoms with Crippen molar-refractivity contribution in [3.05, 3.63) is 28.2 Å². The van der Waals surface area contributed by atoms with Crippen LogP contribution in [-0.4, -0.2) is 31.1 Å². The predicted octanol–water partition coefficient (Wildman–Crippen LogP) is 3.51. The highest BCUT2D eigenvalue weighted by Crippen LogP contribution is 2.19. The lowest BCUT2D eigenvalue weighted by Gasteiger charge is -2.19. The molecule has 0 aliphatic carbocycles. The Kier molecular flexibility index (Phi) is 5.85. The van der Waals surface area contributed by atoms with E-state index in [1.165, 1.54) is 11.3 Å². The van der Waals surface area contributed by atoms with Crippen LogP contribution >= 0.6 is 15.9 Å². The average molecular weight is 285 g/mol. The molecule has 2 nitrogen and oxygen atoms in total. The van der Waals surface area contributed by atoms with E-state index in [2.05, 4.69) is 65.1 Å². The SMILES string of the molecule is CCN(CC)CCNc1ccc(Br)cc1C. The van der Waals surface area contributed by atoms with Gasteiger partial charge in [0, 0.05) is 23.2 Å². The van der Waals surface area contributed by atoms with Crippen molar-refractivity contribution >= 4 is 21.6 Å². The number of nitrogens with zero attached hydrogens (tertiary/aromatic N) is 1. The van der Waals surface area contributed by atoms with Crippen molar-refractivity contribution in [2.24, 2.45) is 0 Å². The van der Waals surface area contributed by atoms with Crippen molar-refractivity contribution < 1.29 is 0 Å². The Morgan fingerprint density at radius 2 is 1.94 bits per heavy atom. The van der Waals surface area contributed by atoms with E-state index in [1.807, 2.05) is 0 Å². The van der Waals surface area contributed by atoms with E-state index in [-0.39, 0.29) is 0 Å². The molecule has 16 heavy (non-hydrogen) atoms. The molecule has 1 aromatic carbocycles. The summed E-state index contributed by atoms with van der Waals surface area (Å²) in [5.41, 5.74) is 2.52. The highest BCUT2D eigenvalue weighted by Gasteiger charge is 2.00. The molecule has 0 saturated carbocycles. The average Bonchev–Trinajstić information content (AvgIpc) is 2.27. The molecule has 0 atom stereocenters. The monoisotopic (exact) mass is 284 g/mol. The van der Waals surface area contributed by atoms with Crippen LogP contribution in [-0.2, 0) is 0 Å². The van der Waals surface area contributed by atoms with Gasteiger partial charge < -0.3 is 10.2 Å². The van der Waals surface area contributed by atoms with E-state index in [1.54, 1.807) is 0 Å². The van der Waals surface area contributed by atoms with Crippen molar-refractivity contribution in [1.82, 2.24) is 4.90 Å². The van der Waals surface area contributed by atoms with Crippen LogP contribution in [0, 0.1) is 6.92 Å². The molecular formula is C13H21BrN2. The Labute approximate surface area is 107 Å². The first-order valence-electron chi connectivity index (χ1n) is 5.89. The van der Waals surface area contributed by atoms with Crippen LogP contribution in [0.3, 0.4) is 0 Å². The van der Waals surface area contributed by atoms with Crippen LogP contribution in [0.1, 0.15) is 19.4 Å². The van der Waals surface area contributed by atoms with Crippen LogP contribution in [0.4, 0.5) is 5.69 Å². The van der Waals surface area contributed by atoms with E-state index >= 15 is 0 Å². The smallest absolute Gasteiger partial charge is 0.0371 e. The van der Waals surface area contributed by atoms with Crippen molar-refractivity contribution in [3.8, 4) is 0 Å². The lowest BCUT2D eigenvalue weighted by Crippen LogP contribution is -2.28. The Morgan fingerprint density at radius 3 is 2.50 bits per heavy atom. The Hall–Kier alpha value is -0.540. The molecule has 0 aromatic heterocycles. The fraction of sp³-hybridized carbons (Fsp3) is 0.538. The van der Waals surface area contributed by atoms with E-state index < -0.39 is 0 Å². The van der Waals surface area contributed by atoms with Gasteiger partial charge in [0.1, 0.15) is 0 Å². The molecule has 0 aliphatic rings.